The summed E-state index contributed by atoms with van der Waals surface area (Å²) in [7, 11) is 1.64. The van der Waals surface area contributed by atoms with Gasteiger partial charge in [-0.2, -0.15) is 13.2 Å². The number of hydrogen-bond donors (Lipinski definition) is 1. The Balaban J connectivity index is 1.54. The predicted molar refractivity (Wildman–Crippen MR) is 98.1 cm³/mol. The fourth-order valence-corrected chi connectivity index (χ4v) is 3.24. The van der Waals surface area contributed by atoms with Gasteiger partial charge in [0, 0.05) is 44.5 Å². The van der Waals surface area contributed by atoms with Crippen LogP contribution in [0.4, 0.5) is 18.9 Å². The van der Waals surface area contributed by atoms with E-state index >= 15 is 0 Å². The molecule has 146 valence electrons. The molecule has 0 aromatic heterocycles. The van der Waals surface area contributed by atoms with E-state index in [0.717, 1.165) is 49.7 Å². The third kappa shape index (κ3) is 4.93. The summed E-state index contributed by atoms with van der Waals surface area (Å²) in [5.74, 6) is 0.813. The van der Waals surface area contributed by atoms with E-state index in [9.17, 15) is 18.3 Å². The van der Waals surface area contributed by atoms with Gasteiger partial charge in [0.05, 0.1) is 18.8 Å². The normalized spacial score (nSPS) is 17.0. The molecule has 2 aromatic carbocycles. The van der Waals surface area contributed by atoms with Gasteiger partial charge in [-0.25, -0.2) is 0 Å². The number of anilines is 1. The Hall–Kier alpha value is -2.25. The molecule has 1 saturated heterocycles. The van der Waals surface area contributed by atoms with Crippen LogP contribution in [0.2, 0.25) is 0 Å². The second-order valence-electron chi connectivity index (χ2n) is 6.62. The fraction of sp³-hybridized carbons (Fsp3) is 0.400. The average molecular weight is 380 g/mol. The quantitative estimate of drug-likeness (QED) is 0.860. The Morgan fingerprint density at radius 2 is 1.70 bits per heavy atom. The summed E-state index contributed by atoms with van der Waals surface area (Å²) in [5, 5.41) is 10.4. The number of halogens is 3. The van der Waals surface area contributed by atoms with E-state index in [1.54, 1.807) is 7.11 Å². The first kappa shape index (κ1) is 19.5. The summed E-state index contributed by atoms with van der Waals surface area (Å²) in [6.07, 6.45) is -5.17. The summed E-state index contributed by atoms with van der Waals surface area (Å²) >= 11 is 0. The average Bonchev–Trinajstić information content (AvgIpc) is 2.68. The van der Waals surface area contributed by atoms with Crippen LogP contribution in [0.25, 0.3) is 0 Å². The van der Waals surface area contributed by atoms with Crippen LogP contribution in [-0.4, -0.2) is 49.8 Å². The van der Waals surface area contributed by atoms with Crippen molar-refractivity contribution in [3.8, 4) is 5.75 Å². The zero-order valence-electron chi connectivity index (χ0n) is 15.1. The Morgan fingerprint density at radius 3 is 2.30 bits per heavy atom. The van der Waals surface area contributed by atoms with Gasteiger partial charge in [-0.3, -0.25) is 4.90 Å². The van der Waals surface area contributed by atoms with E-state index in [-0.39, 0.29) is 0 Å². The van der Waals surface area contributed by atoms with Crippen LogP contribution >= 0.6 is 0 Å². The van der Waals surface area contributed by atoms with Crippen LogP contribution in [-0.2, 0) is 6.18 Å². The largest absolute Gasteiger partial charge is 0.497 e. The monoisotopic (exact) mass is 380 g/mol. The molecular formula is C20H23F3N2O2. The molecule has 0 aliphatic carbocycles. The SMILES string of the molecule is COc1cccc(N2CCN(C[C@H](O)c3ccc(C(F)(F)F)cc3)CC2)c1. The number of aliphatic hydroxyl groups is 1. The summed E-state index contributed by atoms with van der Waals surface area (Å²) in [4.78, 5) is 4.38. The van der Waals surface area contributed by atoms with Gasteiger partial charge in [-0.1, -0.05) is 18.2 Å². The highest BCUT2D eigenvalue weighted by Gasteiger charge is 2.30. The third-order valence-electron chi connectivity index (χ3n) is 4.84. The summed E-state index contributed by atoms with van der Waals surface area (Å²) in [5.41, 5.74) is 0.890. The Kier molecular flexibility index (Phi) is 5.92. The molecular weight excluding hydrogens is 357 g/mol. The number of aliphatic hydroxyl groups excluding tert-OH is 1. The highest BCUT2D eigenvalue weighted by atomic mass is 19.4. The van der Waals surface area contributed by atoms with Gasteiger partial charge in [0.2, 0.25) is 0 Å². The lowest BCUT2D eigenvalue weighted by molar-refractivity contribution is -0.137. The summed E-state index contributed by atoms with van der Waals surface area (Å²) in [6.45, 7) is 3.57. The van der Waals surface area contributed by atoms with E-state index in [4.69, 9.17) is 4.74 Å². The molecule has 2 aromatic rings. The first-order chi connectivity index (χ1) is 12.9. The van der Waals surface area contributed by atoms with Crippen molar-refractivity contribution in [2.75, 3.05) is 44.7 Å². The van der Waals surface area contributed by atoms with Crippen LogP contribution in [0.3, 0.4) is 0 Å². The second-order valence-corrected chi connectivity index (χ2v) is 6.62. The van der Waals surface area contributed by atoms with Crippen molar-refractivity contribution in [2.45, 2.75) is 12.3 Å². The van der Waals surface area contributed by atoms with Gasteiger partial charge >= 0.3 is 6.18 Å². The van der Waals surface area contributed by atoms with Gasteiger partial charge in [-0.15, -0.1) is 0 Å². The molecule has 1 heterocycles. The maximum atomic E-state index is 12.6. The van der Waals surface area contributed by atoms with Gasteiger partial charge in [0.25, 0.3) is 0 Å². The van der Waals surface area contributed by atoms with Crippen molar-refractivity contribution >= 4 is 5.69 Å². The lowest BCUT2D eigenvalue weighted by Crippen LogP contribution is -2.47. The van der Waals surface area contributed by atoms with Crippen molar-refractivity contribution in [3.63, 3.8) is 0 Å². The highest BCUT2D eigenvalue weighted by molar-refractivity contribution is 5.51. The van der Waals surface area contributed by atoms with E-state index in [2.05, 4.69) is 9.80 Å². The van der Waals surface area contributed by atoms with Crippen LogP contribution < -0.4 is 9.64 Å². The van der Waals surface area contributed by atoms with Crippen molar-refractivity contribution in [3.05, 3.63) is 59.7 Å². The molecule has 0 radical (unpaired) electrons. The molecule has 1 atom stereocenters. The minimum absolute atomic E-state index is 0.400. The number of rotatable bonds is 5. The number of piperazine rings is 1. The molecule has 1 N–H and O–H groups in total. The van der Waals surface area contributed by atoms with E-state index < -0.39 is 17.8 Å². The second kappa shape index (κ2) is 8.19. The molecule has 0 unspecified atom stereocenters. The van der Waals surface area contributed by atoms with Crippen LogP contribution in [0, 0.1) is 0 Å². The molecule has 0 bridgehead atoms. The molecule has 0 saturated carbocycles. The van der Waals surface area contributed by atoms with Gasteiger partial charge in [-0.05, 0) is 29.8 Å². The number of benzene rings is 2. The van der Waals surface area contributed by atoms with E-state index in [1.165, 1.54) is 12.1 Å². The van der Waals surface area contributed by atoms with Crippen LogP contribution in [0.15, 0.2) is 48.5 Å². The molecule has 0 spiro atoms. The summed E-state index contributed by atoms with van der Waals surface area (Å²) < 4.78 is 43.2. The molecule has 7 heteroatoms. The predicted octanol–water partition coefficient (Wildman–Crippen LogP) is 3.57. The van der Waals surface area contributed by atoms with E-state index in [1.807, 2.05) is 24.3 Å². The lowest BCUT2D eigenvalue weighted by Gasteiger charge is -2.37. The molecule has 1 aliphatic heterocycles. The number of alkyl halides is 3. The van der Waals surface area contributed by atoms with E-state index in [0.29, 0.717) is 12.1 Å². The van der Waals surface area contributed by atoms with Crippen molar-refractivity contribution < 1.29 is 23.0 Å². The third-order valence-corrected chi connectivity index (χ3v) is 4.84. The zero-order chi connectivity index (χ0) is 19.4. The number of ether oxygens (including phenoxy) is 1. The molecule has 0 amide bonds. The van der Waals surface area contributed by atoms with Crippen molar-refractivity contribution in [2.24, 2.45) is 0 Å². The standard InChI is InChI=1S/C20H23F3N2O2/c1-27-18-4-2-3-17(13-18)25-11-9-24(10-12-25)14-19(26)15-5-7-16(8-6-15)20(21,22)23/h2-8,13,19,26H,9-12,14H2,1H3/t19-/m0/s1. The maximum Gasteiger partial charge on any atom is 0.416 e. The summed E-state index contributed by atoms with van der Waals surface area (Å²) in [6, 6.07) is 12.6. The van der Waals surface area contributed by atoms with Crippen molar-refractivity contribution in [1.29, 1.82) is 0 Å². The van der Waals surface area contributed by atoms with Crippen LogP contribution in [0.1, 0.15) is 17.2 Å². The Labute approximate surface area is 156 Å². The van der Waals surface area contributed by atoms with Gasteiger partial charge in [0.15, 0.2) is 0 Å². The fourth-order valence-electron chi connectivity index (χ4n) is 3.24. The first-order valence-electron chi connectivity index (χ1n) is 8.83. The lowest BCUT2D eigenvalue weighted by atomic mass is 10.1. The zero-order valence-corrected chi connectivity index (χ0v) is 15.1. The Bertz CT molecular complexity index is 742. The molecule has 4 nitrogen and oxygen atoms in total. The maximum absolute atomic E-state index is 12.6. The van der Waals surface area contributed by atoms with Crippen LogP contribution in [0.5, 0.6) is 5.75 Å². The molecule has 1 aliphatic rings. The number of β-amino-alcohol motifs (C(OH)–C–C–N with tert-alkyl or cyclic N) is 1. The number of nitrogens with zero attached hydrogens (tertiary/aromatic N) is 2. The minimum Gasteiger partial charge on any atom is -0.497 e. The minimum atomic E-state index is -4.36. The topological polar surface area (TPSA) is 35.9 Å². The molecule has 1 fully saturated rings. The number of methoxy groups -OCH3 is 1. The van der Waals surface area contributed by atoms with Crippen molar-refractivity contribution in [1.82, 2.24) is 4.90 Å². The van der Waals surface area contributed by atoms with Gasteiger partial charge in [0.1, 0.15) is 5.75 Å². The molecule has 3 rings (SSSR count). The van der Waals surface area contributed by atoms with Gasteiger partial charge < -0.3 is 14.7 Å². The Morgan fingerprint density at radius 1 is 1.04 bits per heavy atom. The smallest absolute Gasteiger partial charge is 0.416 e. The first-order valence-corrected chi connectivity index (χ1v) is 8.83. The number of hydrogen-bond acceptors (Lipinski definition) is 4. The molecule has 27 heavy (non-hydrogen) atoms. The highest BCUT2D eigenvalue weighted by Crippen LogP contribution is 2.30.